The summed E-state index contributed by atoms with van der Waals surface area (Å²) < 4.78 is 27.5. The van der Waals surface area contributed by atoms with Crippen LogP contribution in [0.3, 0.4) is 0 Å². The molecule has 0 aliphatic heterocycles. The predicted octanol–water partition coefficient (Wildman–Crippen LogP) is 3.80. The SMILES string of the molecule is CNC(=O)Cc1cscc1NS(=O)(=O)c1c(Cl)cc(Cl)cc1Cl. The zero-order chi connectivity index (χ0) is 17.2. The second-order valence-corrected chi connectivity index (χ2v) is 8.08. The van der Waals surface area contributed by atoms with E-state index < -0.39 is 10.0 Å². The van der Waals surface area contributed by atoms with Crippen LogP contribution in [-0.2, 0) is 21.2 Å². The first-order valence-corrected chi connectivity index (χ1v) is 9.73. The van der Waals surface area contributed by atoms with Crippen LogP contribution in [0.4, 0.5) is 5.69 Å². The Balaban J connectivity index is 2.37. The van der Waals surface area contributed by atoms with Gasteiger partial charge in [-0.25, -0.2) is 8.42 Å². The average Bonchev–Trinajstić information content (AvgIpc) is 2.83. The molecule has 10 heteroatoms. The summed E-state index contributed by atoms with van der Waals surface area (Å²) in [5, 5.41) is 5.83. The van der Waals surface area contributed by atoms with Crippen LogP contribution in [0.25, 0.3) is 0 Å². The maximum Gasteiger partial charge on any atom is 0.264 e. The molecule has 1 amide bonds. The quantitative estimate of drug-likeness (QED) is 0.783. The van der Waals surface area contributed by atoms with Crippen molar-refractivity contribution in [2.75, 3.05) is 11.8 Å². The van der Waals surface area contributed by atoms with E-state index in [0.29, 0.717) is 11.3 Å². The Kier molecular flexibility index (Phi) is 5.80. The average molecular weight is 414 g/mol. The molecular weight excluding hydrogens is 403 g/mol. The fourth-order valence-corrected chi connectivity index (χ4v) is 5.30. The molecule has 0 aliphatic carbocycles. The minimum absolute atomic E-state index is 0.0555. The lowest BCUT2D eigenvalue weighted by atomic mass is 10.2. The number of sulfonamides is 1. The van der Waals surface area contributed by atoms with Crippen LogP contribution >= 0.6 is 46.1 Å². The maximum absolute atomic E-state index is 12.5. The van der Waals surface area contributed by atoms with Crippen molar-refractivity contribution >= 4 is 67.8 Å². The molecule has 2 rings (SSSR count). The van der Waals surface area contributed by atoms with Gasteiger partial charge < -0.3 is 5.32 Å². The summed E-state index contributed by atoms with van der Waals surface area (Å²) in [4.78, 5) is 11.2. The Morgan fingerprint density at radius 1 is 1.17 bits per heavy atom. The van der Waals surface area contributed by atoms with Gasteiger partial charge in [0, 0.05) is 17.5 Å². The molecular formula is C13H11Cl3N2O3S2. The Hall–Kier alpha value is -0.990. The lowest BCUT2D eigenvalue weighted by molar-refractivity contribution is -0.119. The van der Waals surface area contributed by atoms with E-state index in [-0.39, 0.29) is 32.3 Å². The predicted molar refractivity (Wildman–Crippen MR) is 94.4 cm³/mol. The fourth-order valence-electron chi connectivity index (χ4n) is 1.79. The van der Waals surface area contributed by atoms with Gasteiger partial charge in [-0.15, -0.1) is 11.3 Å². The number of halogens is 3. The number of hydrogen-bond donors (Lipinski definition) is 2. The van der Waals surface area contributed by atoms with Crippen LogP contribution in [0.2, 0.25) is 15.1 Å². The van der Waals surface area contributed by atoms with Crippen LogP contribution in [-0.4, -0.2) is 21.4 Å². The highest BCUT2D eigenvalue weighted by atomic mass is 35.5. The maximum atomic E-state index is 12.5. The molecule has 23 heavy (non-hydrogen) atoms. The van der Waals surface area contributed by atoms with Gasteiger partial charge in [0.1, 0.15) is 4.90 Å². The van der Waals surface area contributed by atoms with E-state index in [9.17, 15) is 13.2 Å². The van der Waals surface area contributed by atoms with Crippen molar-refractivity contribution in [3.05, 3.63) is 43.5 Å². The van der Waals surface area contributed by atoms with Crippen LogP contribution in [0.5, 0.6) is 0 Å². The summed E-state index contributed by atoms with van der Waals surface area (Å²) in [7, 11) is -2.52. The van der Waals surface area contributed by atoms with Crippen molar-refractivity contribution in [1.82, 2.24) is 5.32 Å². The van der Waals surface area contributed by atoms with Gasteiger partial charge in [0.2, 0.25) is 5.91 Å². The topological polar surface area (TPSA) is 75.3 Å². The first-order valence-electron chi connectivity index (χ1n) is 6.17. The van der Waals surface area contributed by atoms with Crippen LogP contribution in [0.1, 0.15) is 5.56 Å². The number of rotatable bonds is 5. The van der Waals surface area contributed by atoms with Gasteiger partial charge in [-0.1, -0.05) is 34.8 Å². The lowest BCUT2D eigenvalue weighted by Crippen LogP contribution is -2.21. The number of amides is 1. The van der Waals surface area contributed by atoms with E-state index in [1.165, 1.54) is 30.5 Å². The smallest absolute Gasteiger partial charge is 0.264 e. The third kappa shape index (κ3) is 4.30. The highest BCUT2D eigenvalue weighted by Crippen LogP contribution is 2.34. The highest BCUT2D eigenvalue weighted by Gasteiger charge is 2.24. The summed E-state index contributed by atoms with van der Waals surface area (Å²) in [5.74, 6) is -0.230. The first kappa shape index (κ1) is 18.4. The third-order valence-electron chi connectivity index (χ3n) is 2.85. The van der Waals surface area contributed by atoms with Gasteiger partial charge in [0.25, 0.3) is 10.0 Å². The van der Waals surface area contributed by atoms with Gasteiger partial charge >= 0.3 is 0 Å². The number of anilines is 1. The van der Waals surface area contributed by atoms with E-state index in [1.54, 1.807) is 10.8 Å². The minimum Gasteiger partial charge on any atom is -0.359 e. The second-order valence-electron chi connectivity index (χ2n) is 4.46. The molecule has 1 aromatic carbocycles. The molecule has 2 aromatic rings. The molecule has 2 N–H and O–H groups in total. The molecule has 0 radical (unpaired) electrons. The van der Waals surface area contributed by atoms with Crippen molar-refractivity contribution in [2.45, 2.75) is 11.3 Å². The molecule has 0 atom stereocenters. The second kappa shape index (κ2) is 7.27. The highest BCUT2D eigenvalue weighted by molar-refractivity contribution is 7.93. The molecule has 124 valence electrons. The van der Waals surface area contributed by atoms with Crippen LogP contribution in [0, 0.1) is 0 Å². The largest absolute Gasteiger partial charge is 0.359 e. The van der Waals surface area contributed by atoms with E-state index in [1.807, 2.05) is 0 Å². The molecule has 5 nitrogen and oxygen atoms in total. The van der Waals surface area contributed by atoms with Crippen molar-refractivity contribution in [1.29, 1.82) is 0 Å². The van der Waals surface area contributed by atoms with Gasteiger partial charge in [-0.2, -0.15) is 0 Å². The van der Waals surface area contributed by atoms with E-state index >= 15 is 0 Å². The van der Waals surface area contributed by atoms with Gasteiger partial charge in [-0.3, -0.25) is 9.52 Å². The Bertz CT molecular complexity index is 827. The van der Waals surface area contributed by atoms with Gasteiger partial charge in [-0.05, 0) is 23.1 Å². The molecule has 0 unspecified atom stereocenters. The number of carbonyl (C=O) groups is 1. The van der Waals surface area contributed by atoms with E-state index in [0.717, 1.165) is 0 Å². The zero-order valence-electron chi connectivity index (χ0n) is 11.7. The minimum atomic E-state index is -4.02. The first-order chi connectivity index (χ1) is 10.7. The van der Waals surface area contributed by atoms with Crippen molar-refractivity contribution in [3.63, 3.8) is 0 Å². The van der Waals surface area contributed by atoms with E-state index in [4.69, 9.17) is 34.8 Å². The molecule has 0 saturated heterocycles. The summed E-state index contributed by atoms with van der Waals surface area (Å²) in [6, 6.07) is 2.59. The van der Waals surface area contributed by atoms with Gasteiger partial charge in [0.15, 0.2) is 0 Å². The summed E-state index contributed by atoms with van der Waals surface area (Å²) in [6.07, 6.45) is 0.0555. The fraction of sp³-hybridized carbons (Fsp3) is 0.154. The van der Waals surface area contributed by atoms with E-state index in [2.05, 4.69) is 10.0 Å². The Morgan fingerprint density at radius 3 is 2.35 bits per heavy atom. The molecule has 1 heterocycles. The number of carbonyl (C=O) groups excluding carboxylic acids is 1. The lowest BCUT2D eigenvalue weighted by Gasteiger charge is -2.12. The number of benzene rings is 1. The van der Waals surface area contributed by atoms with Gasteiger partial charge in [0.05, 0.1) is 22.2 Å². The van der Waals surface area contributed by atoms with Crippen LogP contribution < -0.4 is 10.0 Å². The molecule has 0 fully saturated rings. The normalized spacial score (nSPS) is 11.3. The summed E-state index contributed by atoms with van der Waals surface area (Å²) in [5.41, 5.74) is 0.861. The number of nitrogens with one attached hydrogen (secondary N) is 2. The molecule has 0 spiro atoms. The number of thiophene rings is 1. The third-order valence-corrected chi connectivity index (χ3v) is 6.14. The Labute approximate surface area is 152 Å². The molecule has 0 bridgehead atoms. The van der Waals surface area contributed by atoms with Crippen LogP contribution in [0.15, 0.2) is 27.8 Å². The zero-order valence-corrected chi connectivity index (χ0v) is 15.6. The van der Waals surface area contributed by atoms with Crippen molar-refractivity contribution < 1.29 is 13.2 Å². The summed E-state index contributed by atoms with van der Waals surface area (Å²) in [6.45, 7) is 0. The number of hydrogen-bond acceptors (Lipinski definition) is 4. The molecule has 0 aliphatic rings. The standard InChI is InChI=1S/C13H11Cl3N2O3S2/c1-17-12(19)2-7-5-22-6-11(7)18-23(20,21)13-9(15)3-8(14)4-10(13)16/h3-6,18H,2H2,1H3,(H,17,19). The Morgan fingerprint density at radius 2 is 1.78 bits per heavy atom. The number of likely N-dealkylation sites (N-methyl/N-ethyl adjacent to an activating group) is 1. The monoisotopic (exact) mass is 412 g/mol. The van der Waals surface area contributed by atoms with Crippen molar-refractivity contribution in [2.24, 2.45) is 0 Å². The summed E-state index contributed by atoms with van der Waals surface area (Å²) >= 11 is 19.0. The van der Waals surface area contributed by atoms with Crippen molar-refractivity contribution in [3.8, 4) is 0 Å². The molecule has 0 saturated carbocycles. The molecule has 1 aromatic heterocycles.